The lowest BCUT2D eigenvalue weighted by atomic mass is 9.87. The van der Waals surface area contributed by atoms with Crippen molar-refractivity contribution in [2.75, 3.05) is 39.5 Å². The molecule has 0 aromatic heterocycles. The van der Waals surface area contributed by atoms with Gasteiger partial charge in [-0.1, -0.05) is 24.3 Å². The second-order valence-electron chi connectivity index (χ2n) is 7.05. The Balaban J connectivity index is 1.69. The Hall–Kier alpha value is -1.59. The van der Waals surface area contributed by atoms with Crippen LogP contribution in [0.25, 0.3) is 0 Å². The molecule has 138 valence electrons. The van der Waals surface area contributed by atoms with Gasteiger partial charge >= 0.3 is 0 Å². The molecule has 1 N–H and O–H groups in total. The molecule has 25 heavy (non-hydrogen) atoms. The first-order chi connectivity index (χ1) is 12.3. The van der Waals surface area contributed by atoms with Crippen LogP contribution in [0, 0.1) is 5.41 Å². The first kappa shape index (κ1) is 18.2. The SMILES string of the molecule is CCNC(=NCc1ccccc1COCC)N1CCC2(CCOC2)C1. The molecule has 1 aromatic rings. The smallest absolute Gasteiger partial charge is 0.194 e. The molecule has 1 spiro atoms. The normalized spacial score (nSPS) is 23.6. The molecule has 2 saturated heterocycles. The highest BCUT2D eigenvalue weighted by molar-refractivity contribution is 5.80. The van der Waals surface area contributed by atoms with Crippen molar-refractivity contribution in [3.63, 3.8) is 0 Å². The maximum absolute atomic E-state index is 5.65. The summed E-state index contributed by atoms with van der Waals surface area (Å²) in [6.45, 7) is 11.1. The van der Waals surface area contributed by atoms with Crippen molar-refractivity contribution < 1.29 is 9.47 Å². The van der Waals surface area contributed by atoms with Gasteiger partial charge in [0.1, 0.15) is 0 Å². The van der Waals surface area contributed by atoms with Crippen LogP contribution in [0.3, 0.4) is 0 Å². The van der Waals surface area contributed by atoms with E-state index in [2.05, 4.69) is 41.4 Å². The predicted molar refractivity (Wildman–Crippen MR) is 101 cm³/mol. The molecular weight excluding hydrogens is 314 g/mol. The molecule has 1 unspecified atom stereocenters. The lowest BCUT2D eigenvalue weighted by Gasteiger charge is -2.25. The Kier molecular flexibility index (Phi) is 6.32. The second kappa shape index (κ2) is 8.68. The number of aliphatic imine (C=N–C) groups is 1. The van der Waals surface area contributed by atoms with E-state index in [0.717, 1.165) is 45.4 Å². The fourth-order valence-electron chi connectivity index (χ4n) is 3.74. The van der Waals surface area contributed by atoms with Crippen LogP contribution in [0.1, 0.15) is 37.8 Å². The largest absolute Gasteiger partial charge is 0.381 e. The fourth-order valence-corrected chi connectivity index (χ4v) is 3.74. The zero-order chi connectivity index (χ0) is 17.5. The molecule has 0 saturated carbocycles. The van der Waals surface area contributed by atoms with Gasteiger partial charge in [0.15, 0.2) is 5.96 Å². The molecule has 0 bridgehead atoms. The van der Waals surface area contributed by atoms with Gasteiger partial charge in [0, 0.05) is 38.3 Å². The Morgan fingerprint density at radius 2 is 2.12 bits per heavy atom. The summed E-state index contributed by atoms with van der Waals surface area (Å²) in [6.07, 6.45) is 2.39. The molecule has 0 amide bonds. The van der Waals surface area contributed by atoms with E-state index in [1.165, 1.54) is 24.0 Å². The predicted octanol–water partition coefficient (Wildman–Crippen LogP) is 2.80. The Morgan fingerprint density at radius 3 is 2.84 bits per heavy atom. The fraction of sp³-hybridized carbons (Fsp3) is 0.650. The van der Waals surface area contributed by atoms with Crippen LogP contribution in [-0.2, 0) is 22.6 Å². The molecule has 2 fully saturated rings. The Morgan fingerprint density at radius 1 is 1.28 bits per heavy atom. The number of guanidine groups is 1. The average molecular weight is 345 g/mol. The van der Waals surface area contributed by atoms with Crippen LogP contribution in [0.15, 0.2) is 29.3 Å². The number of hydrogen-bond donors (Lipinski definition) is 1. The summed E-state index contributed by atoms with van der Waals surface area (Å²) in [6, 6.07) is 8.43. The molecule has 5 nitrogen and oxygen atoms in total. The van der Waals surface area contributed by atoms with E-state index in [9.17, 15) is 0 Å². The number of hydrogen-bond acceptors (Lipinski definition) is 3. The monoisotopic (exact) mass is 345 g/mol. The van der Waals surface area contributed by atoms with Gasteiger partial charge in [-0.3, -0.25) is 0 Å². The first-order valence-corrected chi connectivity index (χ1v) is 9.52. The standard InChI is InChI=1S/C20H31N3O2/c1-3-21-19(23-11-9-20(15-23)10-12-25-16-20)22-13-17-7-5-6-8-18(17)14-24-4-2/h5-8H,3-4,9-16H2,1-2H3,(H,21,22). The van der Waals surface area contributed by atoms with Crippen LogP contribution < -0.4 is 5.32 Å². The highest BCUT2D eigenvalue weighted by Gasteiger charge is 2.42. The lowest BCUT2D eigenvalue weighted by Crippen LogP contribution is -2.41. The van der Waals surface area contributed by atoms with Crippen molar-refractivity contribution in [2.24, 2.45) is 10.4 Å². The molecule has 3 rings (SSSR count). The minimum Gasteiger partial charge on any atom is -0.381 e. The molecule has 1 atom stereocenters. The van der Waals surface area contributed by atoms with Gasteiger partial charge in [0.2, 0.25) is 0 Å². The van der Waals surface area contributed by atoms with E-state index in [0.29, 0.717) is 18.6 Å². The summed E-state index contributed by atoms with van der Waals surface area (Å²) in [4.78, 5) is 7.33. The number of nitrogens with one attached hydrogen (secondary N) is 1. The van der Waals surface area contributed by atoms with Crippen molar-refractivity contribution in [1.29, 1.82) is 0 Å². The molecule has 0 aliphatic carbocycles. The average Bonchev–Trinajstić information content (AvgIpc) is 3.27. The highest BCUT2D eigenvalue weighted by atomic mass is 16.5. The number of ether oxygens (including phenoxy) is 2. The van der Waals surface area contributed by atoms with Crippen molar-refractivity contribution in [3.05, 3.63) is 35.4 Å². The van der Waals surface area contributed by atoms with E-state index < -0.39 is 0 Å². The van der Waals surface area contributed by atoms with Crippen LogP contribution in [-0.4, -0.2) is 50.3 Å². The van der Waals surface area contributed by atoms with Crippen LogP contribution in [0.2, 0.25) is 0 Å². The topological polar surface area (TPSA) is 46.1 Å². The van der Waals surface area contributed by atoms with Gasteiger partial charge in [-0.25, -0.2) is 4.99 Å². The number of benzene rings is 1. The van der Waals surface area contributed by atoms with E-state index in [1.54, 1.807) is 0 Å². The molecule has 1 aromatic carbocycles. The Labute approximate surface area is 151 Å². The highest BCUT2D eigenvalue weighted by Crippen LogP contribution is 2.38. The quantitative estimate of drug-likeness (QED) is 0.636. The summed E-state index contributed by atoms with van der Waals surface area (Å²) >= 11 is 0. The van der Waals surface area contributed by atoms with Gasteiger partial charge in [-0.05, 0) is 37.8 Å². The van der Waals surface area contributed by atoms with Crippen molar-refractivity contribution in [3.8, 4) is 0 Å². The van der Waals surface area contributed by atoms with Gasteiger partial charge in [0.05, 0.1) is 19.8 Å². The van der Waals surface area contributed by atoms with E-state index in [4.69, 9.17) is 14.5 Å². The maximum atomic E-state index is 5.65. The third kappa shape index (κ3) is 4.53. The zero-order valence-corrected chi connectivity index (χ0v) is 15.6. The minimum atomic E-state index is 0.350. The summed E-state index contributed by atoms with van der Waals surface area (Å²) in [5.41, 5.74) is 2.82. The summed E-state index contributed by atoms with van der Waals surface area (Å²) < 4.78 is 11.2. The molecular formula is C20H31N3O2. The molecule has 0 radical (unpaired) electrons. The lowest BCUT2D eigenvalue weighted by molar-refractivity contribution is 0.133. The summed E-state index contributed by atoms with van der Waals surface area (Å²) in [7, 11) is 0. The second-order valence-corrected chi connectivity index (χ2v) is 7.05. The first-order valence-electron chi connectivity index (χ1n) is 9.52. The third-order valence-electron chi connectivity index (χ3n) is 5.24. The minimum absolute atomic E-state index is 0.350. The molecule has 2 aliphatic rings. The molecule has 2 heterocycles. The molecule has 2 aliphatic heterocycles. The zero-order valence-electron chi connectivity index (χ0n) is 15.6. The van der Waals surface area contributed by atoms with E-state index in [-0.39, 0.29) is 0 Å². The summed E-state index contributed by atoms with van der Waals surface area (Å²) in [5, 5.41) is 3.47. The van der Waals surface area contributed by atoms with Gasteiger partial charge in [-0.15, -0.1) is 0 Å². The van der Waals surface area contributed by atoms with E-state index >= 15 is 0 Å². The summed E-state index contributed by atoms with van der Waals surface area (Å²) in [5.74, 6) is 1.03. The van der Waals surface area contributed by atoms with Gasteiger partial charge < -0.3 is 19.7 Å². The van der Waals surface area contributed by atoms with Crippen LogP contribution in [0.5, 0.6) is 0 Å². The van der Waals surface area contributed by atoms with Crippen molar-refractivity contribution >= 4 is 5.96 Å². The third-order valence-corrected chi connectivity index (χ3v) is 5.24. The van der Waals surface area contributed by atoms with Crippen LogP contribution >= 0.6 is 0 Å². The van der Waals surface area contributed by atoms with Crippen LogP contribution in [0.4, 0.5) is 0 Å². The number of rotatable bonds is 6. The van der Waals surface area contributed by atoms with Crippen molar-refractivity contribution in [1.82, 2.24) is 10.2 Å². The van der Waals surface area contributed by atoms with E-state index in [1.807, 2.05) is 6.92 Å². The number of nitrogens with zero attached hydrogens (tertiary/aromatic N) is 2. The molecule has 5 heteroatoms. The van der Waals surface area contributed by atoms with Gasteiger partial charge in [0.25, 0.3) is 0 Å². The Bertz CT molecular complexity index is 582. The van der Waals surface area contributed by atoms with Crippen molar-refractivity contribution in [2.45, 2.75) is 39.8 Å². The number of likely N-dealkylation sites (tertiary alicyclic amines) is 1. The van der Waals surface area contributed by atoms with Gasteiger partial charge in [-0.2, -0.15) is 0 Å². The maximum Gasteiger partial charge on any atom is 0.194 e.